The molecule has 0 bridgehead atoms. The van der Waals surface area contributed by atoms with Crippen molar-refractivity contribution in [2.75, 3.05) is 0 Å². The fraction of sp³-hybridized carbons (Fsp3) is 0.704. The van der Waals surface area contributed by atoms with Crippen molar-refractivity contribution >= 4 is 8.32 Å². The minimum Gasteiger partial charge on any atom is -0.543 e. The number of hydrogen-bond donors (Lipinski definition) is 0. The zero-order valence-electron chi connectivity index (χ0n) is 20.9. The predicted octanol–water partition coefficient (Wildman–Crippen LogP) is 8.41. The summed E-state index contributed by atoms with van der Waals surface area (Å²) in [6.45, 7) is 20.8. The molecule has 2 nitrogen and oxygen atoms in total. The number of rotatable bonds is 6. The second-order valence-corrected chi connectivity index (χ2v) is 16.5. The molecule has 30 heavy (non-hydrogen) atoms. The molecule has 2 atom stereocenters. The summed E-state index contributed by atoms with van der Waals surface area (Å²) in [5.41, 5.74) is 4.07. The molecule has 1 aromatic carbocycles. The largest absolute Gasteiger partial charge is 0.543 e. The van der Waals surface area contributed by atoms with Crippen molar-refractivity contribution in [1.82, 2.24) is 0 Å². The normalized spacial score (nSPS) is 23.2. The van der Waals surface area contributed by atoms with Crippen molar-refractivity contribution in [2.24, 2.45) is 5.92 Å². The molecule has 168 valence electrons. The Labute approximate surface area is 186 Å². The predicted molar refractivity (Wildman–Crippen MR) is 131 cm³/mol. The van der Waals surface area contributed by atoms with Crippen LogP contribution >= 0.6 is 0 Å². The van der Waals surface area contributed by atoms with E-state index in [1.54, 1.807) is 0 Å². The minimum absolute atomic E-state index is 0.148. The van der Waals surface area contributed by atoms with Gasteiger partial charge in [0.2, 0.25) is 8.32 Å². The SMILES string of the molecule is CCCCCc1cc2c(c(O[Si](C)(C)C(C)(C)C)c1)C1CC(C)=CCC1C(C)(C)O2. The van der Waals surface area contributed by atoms with Gasteiger partial charge < -0.3 is 9.16 Å². The number of ether oxygens (including phenoxy) is 1. The topological polar surface area (TPSA) is 18.5 Å². The van der Waals surface area contributed by atoms with Gasteiger partial charge in [0.1, 0.15) is 17.1 Å². The third-order valence-electron chi connectivity index (χ3n) is 7.79. The van der Waals surface area contributed by atoms with Crippen LogP contribution in [0.15, 0.2) is 23.8 Å². The summed E-state index contributed by atoms with van der Waals surface area (Å²) in [7, 11) is -1.95. The van der Waals surface area contributed by atoms with Crippen molar-refractivity contribution in [1.29, 1.82) is 0 Å². The van der Waals surface area contributed by atoms with Crippen LogP contribution in [0.3, 0.4) is 0 Å². The van der Waals surface area contributed by atoms with Crippen molar-refractivity contribution < 1.29 is 9.16 Å². The number of unbranched alkanes of at least 4 members (excludes halogenated alkanes) is 2. The van der Waals surface area contributed by atoms with E-state index in [1.165, 1.54) is 36.0 Å². The van der Waals surface area contributed by atoms with E-state index in [4.69, 9.17) is 9.16 Å². The van der Waals surface area contributed by atoms with Gasteiger partial charge in [-0.15, -0.1) is 0 Å². The second kappa shape index (κ2) is 8.37. The third kappa shape index (κ3) is 4.66. The standard InChI is InChI=1S/C27H44O2Si/c1-10-11-12-13-20-17-23-25(24(18-20)29-30(8,9)26(3,4)5)21-16-19(2)14-15-22(21)27(6,7)28-23/h14,17-18,21-22H,10-13,15-16H2,1-9H3. The van der Waals surface area contributed by atoms with Gasteiger partial charge in [-0.25, -0.2) is 0 Å². The van der Waals surface area contributed by atoms with E-state index in [2.05, 4.69) is 79.8 Å². The van der Waals surface area contributed by atoms with Crippen LogP contribution in [0.25, 0.3) is 0 Å². The summed E-state index contributed by atoms with van der Waals surface area (Å²) in [6.07, 6.45) is 9.49. The number of fused-ring (bicyclic) bond motifs is 3. The second-order valence-electron chi connectivity index (χ2n) is 11.7. The van der Waals surface area contributed by atoms with E-state index in [9.17, 15) is 0 Å². The Bertz CT molecular complexity index is 798. The molecule has 1 heterocycles. The van der Waals surface area contributed by atoms with Gasteiger partial charge >= 0.3 is 0 Å². The zero-order valence-corrected chi connectivity index (χ0v) is 21.9. The molecule has 0 saturated heterocycles. The van der Waals surface area contributed by atoms with Crippen LogP contribution in [0, 0.1) is 5.92 Å². The van der Waals surface area contributed by atoms with Gasteiger partial charge in [0.05, 0.1) is 0 Å². The minimum atomic E-state index is -1.95. The first-order valence-electron chi connectivity index (χ1n) is 12.1. The van der Waals surface area contributed by atoms with Crippen LogP contribution < -0.4 is 9.16 Å². The van der Waals surface area contributed by atoms with Crippen molar-refractivity contribution in [2.45, 2.75) is 117 Å². The number of benzene rings is 1. The molecule has 0 saturated carbocycles. The van der Waals surface area contributed by atoms with Gasteiger partial charge in [0.25, 0.3) is 0 Å². The van der Waals surface area contributed by atoms with E-state index in [0.717, 1.165) is 30.8 Å². The van der Waals surface area contributed by atoms with Gasteiger partial charge in [-0.05, 0) is 82.3 Å². The van der Waals surface area contributed by atoms with Crippen molar-refractivity contribution in [3.8, 4) is 11.5 Å². The summed E-state index contributed by atoms with van der Waals surface area (Å²) in [4.78, 5) is 0. The smallest absolute Gasteiger partial charge is 0.250 e. The Morgan fingerprint density at radius 2 is 1.87 bits per heavy atom. The Hall–Kier alpha value is -1.22. The lowest BCUT2D eigenvalue weighted by atomic mass is 9.67. The average molecular weight is 429 g/mol. The van der Waals surface area contributed by atoms with Gasteiger partial charge in [0, 0.05) is 17.4 Å². The highest BCUT2D eigenvalue weighted by Gasteiger charge is 2.47. The molecule has 0 radical (unpaired) electrons. The maximum Gasteiger partial charge on any atom is 0.250 e. The zero-order chi connectivity index (χ0) is 22.3. The Kier molecular flexibility index (Phi) is 6.54. The van der Waals surface area contributed by atoms with E-state index < -0.39 is 8.32 Å². The first kappa shape index (κ1) is 23.4. The summed E-state index contributed by atoms with van der Waals surface area (Å²) in [5.74, 6) is 3.18. The van der Waals surface area contributed by atoms with E-state index in [0.29, 0.717) is 11.8 Å². The van der Waals surface area contributed by atoms with E-state index in [-0.39, 0.29) is 10.6 Å². The van der Waals surface area contributed by atoms with Crippen molar-refractivity contribution in [3.05, 3.63) is 34.9 Å². The molecule has 0 amide bonds. The molecular formula is C27H44O2Si. The average Bonchev–Trinajstić information content (AvgIpc) is 2.59. The Morgan fingerprint density at radius 1 is 1.17 bits per heavy atom. The first-order valence-corrected chi connectivity index (χ1v) is 15.0. The number of allylic oxidation sites excluding steroid dienone is 2. The lowest BCUT2D eigenvalue weighted by Crippen LogP contribution is -2.47. The first-order chi connectivity index (χ1) is 13.9. The molecule has 0 spiro atoms. The third-order valence-corrected chi connectivity index (χ3v) is 12.1. The summed E-state index contributed by atoms with van der Waals surface area (Å²) >= 11 is 0. The molecule has 0 N–H and O–H groups in total. The monoisotopic (exact) mass is 428 g/mol. The maximum atomic E-state index is 7.00. The van der Waals surface area contributed by atoms with Gasteiger partial charge in [-0.1, -0.05) is 52.2 Å². The molecule has 0 fully saturated rings. The highest BCUT2D eigenvalue weighted by Crippen LogP contribution is 2.55. The summed E-state index contributed by atoms with van der Waals surface area (Å²) < 4.78 is 13.7. The fourth-order valence-electron chi connectivity index (χ4n) is 4.84. The molecular weight excluding hydrogens is 384 g/mol. The molecule has 1 aliphatic heterocycles. The van der Waals surface area contributed by atoms with Crippen molar-refractivity contribution in [3.63, 3.8) is 0 Å². The molecule has 0 aromatic heterocycles. The molecule has 3 rings (SSSR count). The van der Waals surface area contributed by atoms with Crippen LogP contribution in [-0.2, 0) is 6.42 Å². The number of hydrogen-bond acceptors (Lipinski definition) is 2. The van der Waals surface area contributed by atoms with Crippen LogP contribution in [0.2, 0.25) is 18.1 Å². The molecule has 3 heteroatoms. The van der Waals surface area contributed by atoms with Gasteiger partial charge in [-0.3, -0.25) is 0 Å². The summed E-state index contributed by atoms with van der Waals surface area (Å²) in [6, 6.07) is 4.69. The van der Waals surface area contributed by atoms with Crippen LogP contribution in [0.5, 0.6) is 11.5 Å². The molecule has 2 unspecified atom stereocenters. The van der Waals surface area contributed by atoms with E-state index >= 15 is 0 Å². The molecule has 1 aliphatic carbocycles. The Morgan fingerprint density at radius 3 is 2.50 bits per heavy atom. The quantitative estimate of drug-likeness (QED) is 0.257. The highest BCUT2D eigenvalue weighted by molar-refractivity contribution is 6.74. The summed E-state index contributed by atoms with van der Waals surface area (Å²) in [5, 5.41) is 0.175. The highest BCUT2D eigenvalue weighted by atomic mass is 28.4. The van der Waals surface area contributed by atoms with Crippen LogP contribution in [-0.4, -0.2) is 13.9 Å². The lowest BCUT2D eigenvalue weighted by molar-refractivity contribution is 0.00780. The number of aryl methyl sites for hydroxylation is 1. The van der Waals surface area contributed by atoms with Crippen LogP contribution in [0.1, 0.15) is 97.6 Å². The molecule has 1 aromatic rings. The van der Waals surface area contributed by atoms with Gasteiger partial charge in [0.15, 0.2) is 0 Å². The van der Waals surface area contributed by atoms with E-state index in [1.807, 2.05) is 0 Å². The lowest BCUT2D eigenvalue weighted by Gasteiger charge is -2.48. The molecule has 2 aliphatic rings. The Balaban J connectivity index is 2.10. The fourth-order valence-corrected chi connectivity index (χ4v) is 5.86. The van der Waals surface area contributed by atoms with Gasteiger partial charge in [-0.2, -0.15) is 0 Å². The van der Waals surface area contributed by atoms with Crippen LogP contribution in [0.4, 0.5) is 0 Å². The maximum absolute atomic E-state index is 7.00.